The molecule has 0 atom stereocenters. The van der Waals surface area contributed by atoms with Crippen LogP contribution in [0.15, 0.2) is 12.7 Å². The van der Waals surface area contributed by atoms with E-state index in [9.17, 15) is 0 Å². The molecule has 0 bridgehead atoms. The van der Waals surface area contributed by atoms with Crippen molar-refractivity contribution in [1.29, 1.82) is 0 Å². The molecule has 24 heavy (non-hydrogen) atoms. The van der Waals surface area contributed by atoms with Crippen LogP contribution >= 0.6 is 0 Å². The molecule has 1 aliphatic heterocycles. The number of hydrogen-bond acceptors (Lipinski definition) is 5. The van der Waals surface area contributed by atoms with E-state index < -0.39 is 0 Å². The minimum absolute atomic E-state index is 0.547. The normalized spacial score (nSPS) is 20.1. The summed E-state index contributed by atoms with van der Waals surface area (Å²) in [4.78, 5) is 6.62. The van der Waals surface area contributed by atoms with Gasteiger partial charge in [0.15, 0.2) is 5.82 Å². The van der Waals surface area contributed by atoms with Crippen LogP contribution in [-0.2, 0) is 6.54 Å². The van der Waals surface area contributed by atoms with Crippen LogP contribution in [0, 0.1) is 5.92 Å². The second-order valence-corrected chi connectivity index (χ2v) is 7.64. The van der Waals surface area contributed by atoms with E-state index in [1.165, 1.54) is 51.1 Å². The van der Waals surface area contributed by atoms with Gasteiger partial charge in [-0.25, -0.2) is 9.67 Å². The molecule has 0 N–H and O–H groups in total. The topological polar surface area (TPSA) is 64.7 Å². The van der Waals surface area contributed by atoms with Gasteiger partial charge in [-0.2, -0.15) is 5.10 Å². The maximum Gasteiger partial charge on any atom is 0.155 e. The Morgan fingerprint density at radius 2 is 1.92 bits per heavy atom. The van der Waals surface area contributed by atoms with Gasteiger partial charge >= 0.3 is 0 Å². The first-order chi connectivity index (χ1) is 11.7. The predicted molar refractivity (Wildman–Crippen MR) is 90.7 cm³/mol. The minimum Gasteiger partial charge on any atom is -0.310 e. The molecule has 1 saturated heterocycles. The zero-order valence-electron chi connectivity index (χ0n) is 14.7. The van der Waals surface area contributed by atoms with E-state index in [0.29, 0.717) is 18.5 Å². The standard InChI is InChI=1S/C17H27N7/c1-13(2)9-22-7-5-14(6-8-22)17-21-20-16(24(17)15-3-4-15)10-23-12-18-11-19-23/h11-15H,3-10H2,1-2H3. The lowest BCUT2D eigenvalue weighted by Gasteiger charge is -2.32. The fourth-order valence-corrected chi connectivity index (χ4v) is 3.80. The van der Waals surface area contributed by atoms with Crippen LogP contribution < -0.4 is 0 Å². The van der Waals surface area contributed by atoms with Crippen molar-refractivity contribution in [3.05, 3.63) is 24.3 Å². The van der Waals surface area contributed by atoms with Gasteiger partial charge in [-0.15, -0.1) is 10.2 Å². The molecule has 0 aromatic carbocycles. The monoisotopic (exact) mass is 329 g/mol. The van der Waals surface area contributed by atoms with Crippen LogP contribution in [0.25, 0.3) is 0 Å². The summed E-state index contributed by atoms with van der Waals surface area (Å²) in [5.41, 5.74) is 0. The third-order valence-corrected chi connectivity index (χ3v) is 5.05. The lowest BCUT2D eigenvalue weighted by atomic mass is 9.95. The smallest absolute Gasteiger partial charge is 0.155 e. The Labute approximate surface area is 143 Å². The third kappa shape index (κ3) is 3.36. The van der Waals surface area contributed by atoms with Gasteiger partial charge in [-0.05, 0) is 44.7 Å². The molecule has 7 nitrogen and oxygen atoms in total. The fourth-order valence-electron chi connectivity index (χ4n) is 3.80. The van der Waals surface area contributed by atoms with Gasteiger partial charge in [0.05, 0.1) is 0 Å². The zero-order chi connectivity index (χ0) is 16.5. The van der Waals surface area contributed by atoms with E-state index in [0.717, 1.165) is 11.7 Å². The van der Waals surface area contributed by atoms with Crippen molar-refractivity contribution in [2.24, 2.45) is 5.92 Å². The second kappa shape index (κ2) is 6.63. The van der Waals surface area contributed by atoms with Gasteiger partial charge in [0.25, 0.3) is 0 Å². The molecule has 0 radical (unpaired) electrons. The van der Waals surface area contributed by atoms with Gasteiger partial charge in [0.2, 0.25) is 0 Å². The van der Waals surface area contributed by atoms with Crippen molar-refractivity contribution in [2.45, 2.75) is 58.0 Å². The zero-order valence-corrected chi connectivity index (χ0v) is 14.7. The minimum atomic E-state index is 0.547. The van der Waals surface area contributed by atoms with E-state index in [1.807, 2.05) is 4.68 Å². The molecular formula is C17H27N7. The number of aromatic nitrogens is 6. The number of piperidine rings is 1. The van der Waals surface area contributed by atoms with E-state index >= 15 is 0 Å². The summed E-state index contributed by atoms with van der Waals surface area (Å²) in [5, 5.41) is 13.3. The van der Waals surface area contributed by atoms with Gasteiger partial charge in [0, 0.05) is 18.5 Å². The number of nitrogens with zero attached hydrogens (tertiary/aromatic N) is 7. The molecule has 0 unspecified atom stereocenters. The van der Waals surface area contributed by atoms with Gasteiger partial charge in [0.1, 0.15) is 25.0 Å². The quantitative estimate of drug-likeness (QED) is 0.812. The first-order valence-electron chi connectivity index (χ1n) is 9.19. The Morgan fingerprint density at radius 3 is 2.54 bits per heavy atom. The van der Waals surface area contributed by atoms with E-state index in [-0.39, 0.29) is 0 Å². The highest BCUT2D eigenvalue weighted by molar-refractivity contribution is 5.09. The Hall–Kier alpha value is -1.76. The first kappa shape index (κ1) is 15.7. The average Bonchev–Trinajstić information content (AvgIpc) is 3.11. The number of likely N-dealkylation sites (tertiary alicyclic amines) is 1. The largest absolute Gasteiger partial charge is 0.310 e. The van der Waals surface area contributed by atoms with Crippen LogP contribution in [0.5, 0.6) is 0 Å². The van der Waals surface area contributed by atoms with E-state index in [4.69, 9.17) is 0 Å². The molecule has 1 aliphatic carbocycles. The molecular weight excluding hydrogens is 302 g/mol. The summed E-state index contributed by atoms with van der Waals surface area (Å²) in [5.74, 6) is 3.52. The summed E-state index contributed by atoms with van der Waals surface area (Å²) in [6.07, 6.45) is 8.21. The Bertz CT molecular complexity index is 649. The lowest BCUT2D eigenvalue weighted by molar-refractivity contribution is 0.188. The molecule has 2 fully saturated rings. The Kier molecular flexibility index (Phi) is 4.35. The highest BCUT2D eigenvalue weighted by atomic mass is 15.4. The van der Waals surface area contributed by atoms with Crippen LogP contribution in [0.1, 0.15) is 63.1 Å². The molecule has 4 rings (SSSR count). The summed E-state index contributed by atoms with van der Waals surface area (Å²) in [7, 11) is 0. The molecule has 1 saturated carbocycles. The fraction of sp³-hybridized carbons (Fsp3) is 0.765. The molecule has 2 aromatic rings. The van der Waals surface area contributed by atoms with Gasteiger partial charge in [-0.3, -0.25) is 0 Å². The van der Waals surface area contributed by atoms with Crippen molar-refractivity contribution in [2.75, 3.05) is 19.6 Å². The predicted octanol–water partition coefficient (Wildman–Crippen LogP) is 2.09. The van der Waals surface area contributed by atoms with Crippen LogP contribution in [-0.4, -0.2) is 54.1 Å². The Balaban J connectivity index is 1.48. The first-order valence-corrected chi connectivity index (χ1v) is 9.19. The molecule has 3 heterocycles. The SMILES string of the molecule is CC(C)CN1CCC(c2nnc(Cn3cncn3)n2C2CC2)CC1. The molecule has 130 valence electrons. The summed E-state index contributed by atoms with van der Waals surface area (Å²) >= 11 is 0. The van der Waals surface area contributed by atoms with Gasteiger partial charge in [-0.1, -0.05) is 13.8 Å². The van der Waals surface area contributed by atoms with Crippen molar-refractivity contribution in [3.63, 3.8) is 0 Å². The van der Waals surface area contributed by atoms with Crippen molar-refractivity contribution in [3.8, 4) is 0 Å². The van der Waals surface area contributed by atoms with Crippen molar-refractivity contribution >= 4 is 0 Å². The summed E-state index contributed by atoms with van der Waals surface area (Å²) < 4.78 is 4.24. The molecule has 2 aromatic heterocycles. The summed E-state index contributed by atoms with van der Waals surface area (Å²) in [6.45, 7) is 8.82. The third-order valence-electron chi connectivity index (χ3n) is 5.05. The maximum atomic E-state index is 4.60. The van der Waals surface area contributed by atoms with Crippen LogP contribution in [0.3, 0.4) is 0 Å². The van der Waals surface area contributed by atoms with Crippen molar-refractivity contribution in [1.82, 2.24) is 34.4 Å². The Morgan fingerprint density at radius 1 is 1.12 bits per heavy atom. The van der Waals surface area contributed by atoms with Crippen LogP contribution in [0.4, 0.5) is 0 Å². The van der Waals surface area contributed by atoms with E-state index in [2.05, 4.69) is 43.6 Å². The van der Waals surface area contributed by atoms with Crippen molar-refractivity contribution < 1.29 is 0 Å². The summed E-state index contributed by atoms with van der Waals surface area (Å²) in [6, 6.07) is 0.599. The second-order valence-electron chi connectivity index (χ2n) is 7.64. The maximum absolute atomic E-state index is 4.60. The van der Waals surface area contributed by atoms with Gasteiger partial charge < -0.3 is 9.47 Å². The highest BCUT2D eigenvalue weighted by Crippen LogP contribution is 2.39. The highest BCUT2D eigenvalue weighted by Gasteiger charge is 2.33. The molecule has 7 heteroatoms. The average molecular weight is 329 g/mol. The van der Waals surface area contributed by atoms with Crippen LogP contribution in [0.2, 0.25) is 0 Å². The number of hydrogen-bond donors (Lipinski definition) is 0. The molecule has 0 spiro atoms. The lowest BCUT2D eigenvalue weighted by Crippen LogP contribution is -2.36. The molecule has 0 amide bonds. The molecule has 2 aliphatic rings. The number of rotatable bonds is 6. The van der Waals surface area contributed by atoms with E-state index in [1.54, 1.807) is 12.7 Å².